The Hall–Kier alpha value is -0.530. The number of halogens is 1. The minimum absolute atomic E-state index is 0.689. The van der Waals surface area contributed by atoms with E-state index >= 15 is 0 Å². The Morgan fingerprint density at radius 1 is 1.46 bits per heavy atom. The van der Waals surface area contributed by atoms with E-state index < -0.39 is 5.60 Å². The highest BCUT2D eigenvalue weighted by Crippen LogP contribution is 2.30. The third kappa shape index (κ3) is 2.04. The van der Waals surface area contributed by atoms with Crippen LogP contribution in [0.25, 0.3) is 0 Å². The zero-order valence-electron chi connectivity index (χ0n) is 8.26. The number of hydrogen-bond acceptors (Lipinski definition) is 1. The molecule has 1 N–H and O–H groups in total. The molecule has 72 valence electrons. The van der Waals surface area contributed by atoms with Gasteiger partial charge in [-0.2, -0.15) is 0 Å². The van der Waals surface area contributed by atoms with Crippen molar-refractivity contribution in [2.75, 3.05) is 0 Å². The fraction of sp³-hybridized carbons (Fsp3) is 0.455. The summed E-state index contributed by atoms with van der Waals surface area (Å²) in [6, 6.07) is 5.63. The quantitative estimate of drug-likeness (QED) is 0.774. The molecule has 13 heavy (non-hydrogen) atoms. The smallest absolute Gasteiger partial charge is 0.0869 e. The molecule has 0 radical (unpaired) electrons. The van der Waals surface area contributed by atoms with Crippen LogP contribution in [0.4, 0.5) is 0 Å². The number of benzene rings is 1. The van der Waals surface area contributed by atoms with Gasteiger partial charge in [-0.05, 0) is 37.5 Å². The van der Waals surface area contributed by atoms with Crippen molar-refractivity contribution in [2.24, 2.45) is 0 Å². The Kier molecular flexibility index (Phi) is 2.99. The summed E-state index contributed by atoms with van der Waals surface area (Å²) in [4.78, 5) is 0. The Bertz CT molecular complexity index is 305. The molecule has 0 bridgehead atoms. The van der Waals surface area contributed by atoms with Crippen molar-refractivity contribution in [1.29, 1.82) is 0 Å². The highest BCUT2D eigenvalue weighted by molar-refractivity contribution is 6.31. The zero-order chi connectivity index (χ0) is 10.1. The molecule has 0 fully saturated rings. The maximum Gasteiger partial charge on any atom is 0.0869 e. The lowest BCUT2D eigenvalue weighted by Gasteiger charge is -2.24. The van der Waals surface area contributed by atoms with Gasteiger partial charge in [-0.25, -0.2) is 0 Å². The van der Waals surface area contributed by atoms with Gasteiger partial charge < -0.3 is 5.11 Å². The fourth-order valence-electron chi connectivity index (χ4n) is 1.38. The molecule has 1 aromatic rings. The van der Waals surface area contributed by atoms with Gasteiger partial charge in [-0.3, -0.25) is 0 Å². The number of rotatable bonds is 2. The summed E-state index contributed by atoms with van der Waals surface area (Å²) in [5.74, 6) is 0. The normalized spacial score (nSPS) is 15.5. The summed E-state index contributed by atoms with van der Waals surface area (Å²) in [7, 11) is 0. The highest BCUT2D eigenvalue weighted by Gasteiger charge is 2.22. The molecule has 0 aliphatic carbocycles. The Labute approximate surface area is 84.4 Å². The van der Waals surface area contributed by atoms with Crippen LogP contribution in [0.3, 0.4) is 0 Å². The highest BCUT2D eigenvalue weighted by atomic mass is 35.5. The van der Waals surface area contributed by atoms with E-state index in [0.29, 0.717) is 11.4 Å². The van der Waals surface area contributed by atoms with Gasteiger partial charge in [0, 0.05) is 5.02 Å². The summed E-state index contributed by atoms with van der Waals surface area (Å²) >= 11 is 5.97. The predicted octanol–water partition coefficient (Wildman–Crippen LogP) is 3.27. The molecule has 0 aromatic heterocycles. The van der Waals surface area contributed by atoms with Crippen LogP contribution in [0.2, 0.25) is 5.02 Å². The van der Waals surface area contributed by atoms with Crippen LogP contribution >= 0.6 is 11.6 Å². The van der Waals surface area contributed by atoms with Crippen LogP contribution in [0, 0.1) is 6.92 Å². The predicted molar refractivity (Wildman–Crippen MR) is 56.1 cm³/mol. The molecule has 1 atom stereocenters. The minimum atomic E-state index is -0.769. The average molecular weight is 199 g/mol. The van der Waals surface area contributed by atoms with Gasteiger partial charge in [0.2, 0.25) is 0 Å². The molecule has 1 aromatic carbocycles. The van der Waals surface area contributed by atoms with E-state index in [-0.39, 0.29) is 0 Å². The first kappa shape index (κ1) is 10.6. The maximum atomic E-state index is 10.0. The molecule has 0 saturated heterocycles. The topological polar surface area (TPSA) is 20.2 Å². The lowest BCUT2D eigenvalue weighted by atomic mass is 9.90. The summed E-state index contributed by atoms with van der Waals surface area (Å²) in [5.41, 5.74) is 1.12. The van der Waals surface area contributed by atoms with E-state index in [0.717, 1.165) is 11.1 Å². The lowest BCUT2D eigenvalue weighted by molar-refractivity contribution is 0.0524. The van der Waals surface area contributed by atoms with E-state index in [9.17, 15) is 5.11 Å². The first-order valence-electron chi connectivity index (χ1n) is 4.47. The van der Waals surface area contributed by atoms with Gasteiger partial charge in [0.05, 0.1) is 5.60 Å². The van der Waals surface area contributed by atoms with Crippen molar-refractivity contribution < 1.29 is 5.11 Å². The van der Waals surface area contributed by atoms with Crippen molar-refractivity contribution >= 4 is 11.6 Å². The molecular weight excluding hydrogens is 184 g/mol. The Balaban J connectivity index is 3.22. The lowest BCUT2D eigenvalue weighted by Crippen LogP contribution is -2.20. The molecule has 1 nitrogen and oxygen atoms in total. The summed E-state index contributed by atoms with van der Waals surface area (Å²) < 4.78 is 0. The second-order valence-electron chi connectivity index (χ2n) is 3.54. The second-order valence-corrected chi connectivity index (χ2v) is 3.95. The van der Waals surface area contributed by atoms with Gasteiger partial charge >= 0.3 is 0 Å². The maximum absolute atomic E-state index is 10.0. The van der Waals surface area contributed by atoms with E-state index in [2.05, 4.69) is 0 Å². The first-order chi connectivity index (χ1) is 5.99. The minimum Gasteiger partial charge on any atom is -0.385 e. The van der Waals surface area contributed by atoms with Gasteiger partial charge in [0.15, 0.2) is 0 Å². The van der Waals surface area contributed by atoms with Crippen LogP contribution in [-0.4, -0.2) is 5.11 Å². The SMILES string of the molecule is CCC(C)(O)c1cccc(Cl)c1C. The number of aliphatic hydroxyl groups is 1. The summed E-state index contributed by atoms with van der Waals surface area (Å²) in [5, 5.41) is 10.8. The van der Waals surface area contributed by atoms with Crippen LogP contribution < -0.4 is 0 Å². The van der Waals surface area contributed by atoms with E-state index in [1.165, 1.54) is 0 Å². The van der Waals surface area contributed by atoms with E-state index in [1.54, 1.807) is 0 Å². The number of hydrogen-bond donors (Lipinski definition) is 1. The molecule has 0 amide bonds. The van der Waals surface area contributed by atoms with Crippen molar-refractivity contribution in [1.82, 2.24) is 0 Å². The molecule has 0 saturated carbocycles. The largest absolute Gasteiger partial charge is 0.385 e. The van der Waals surface area contributed by atoms with Crippen molar-refractivity contribution in [2.45, 2.75) is 32.8 Å². The monoisotopic (exact) mass is 198 g/mol. The molecule has 0 heterocycles. The third-order valence-electron chi connectivity index (χ3n) is 2.54. The average Bonchev–Trinajstić information content (AvgIpc) is 2.09. The second kappa shape index (κ2) is 3.69. The Morgan fingerprint density at radius 2 is 2.08 bits per heavy atom. The van der Waals surface area contributed by atoms with Crippen molar-refractivity contribution in [3.8, 4) is 0 Å². The van der Waals surface area contributed by atoms with E-state index in [1.807, 2.05) is 39.0 Å². The standard InChI is InChI=1S/C11H15ClO/c1-4-11(3,13)9-6-5-7-10(12)8(9)2/h5-7,13H,4H2,1-3H3. The third-order valence-corrected chi connectivity index (χ3v) is 2.95. The van der Waals surface area contributed by atoms with Crippen LogP contribution in [0.1, 0.15) is 31.4 Å². The van der Waals surface area contributed by atoms with Gasteiger partial charge in [-0.15, -0.1) is 0 Å². The molecule has 1 rings (SSSR count). The molecule has 1 unspecified atom stereocenters. The summed E-state index contributed by atoms with van der Waals surface area (Å²) in [6.45, 7) is 5.70. The van der Waals surface area contributed by atoms with Gasteiger partial charge in [-0.1, -0.05) is 30.7 Å². The van der Waals surface area contributed by atoms with Crippen LogP contribution in [0.5, 0.6) is 0 Å². The molecule has 0 aliphatic rings. The molecule has 2 heteroatoms. The Morgan fingerprint density at radius 3 is 2.62 bits per heavy atom. The molecular formula is C11H15ClO. The van der Waals surface area contributed by atoms with Crippen molar-refractivity contribution in [3.63, 3.8) is 0 Å². The van der Waals surface area contributed by atoms with Crippen LogP contribution in [0.15, 0.2) is 18.2 Å². The van der Waals surface area contributed by atoms with Crippen LogP contribution in [-0.2, 0) is 5.60 Å². The first-order valence-corrected chi connectivity index (χ1v) is 4.85. The zero-order valence-corrected chi connectivity index (χ0v) is 9.02. The van der Waals surface area contributed by atoms with Crippen molar-refractivity contribution in [3.05, 3.63) is 34.3 Å². The van der Waals surface area contributed by atoms with Gasteiger partial charge in [0.1, 0.15) is 0 Å². The van der Waals surface area contributed by atoms with E-state index in [4.69, 9.17) is 11.6 Å². The summed E-state index contributed by atoms with van der Waals surface area (Å²) in [6.07, 6.45) is 0.689. The van der Waals surface area contributed by atoms with Gasteiger partial charge in [0.25, 0.3) is 0 Å². The fourth-order valence-corrected chi connectivity index (χ4v) is 1.56. The molecule has 0 spiro atoms. The molecule has 0 aliphatic heterocycles.